The number of phenols is 2. The van der Waals surface area contributed by atoms with Crippen LogP contribution in [0.25, 0.3) is 6.08 Å². The van der Waals surface area contributed by atoms with Crippen molar-refractivity contribution in [3.63, 3.8) is 0 Å². The molecule has 2 N–H and O–H groups in total. The molecular weight excluding hydrogens is 232 g/mol. The van der Waals surface area contributed by atoms with E-state index in [1.165, 1.54) is 24.3 Å². The van der Waals surface area contributed by atoms with E-state index in [0.29, 0.717) is 5.76 Å². The van der Waals surface area contributed by atoms with Crippen molar-refractivity contribution in [2.75, 3.05) is 0 Å². The van der Waals surface area contributed by atoms with Gasteiger partial charge in [-0.15, -0.1) is 0 Å². The molecule has 4 nitrogen and oxygen atoms in total. The fraction of sp³-hybridized carbons (Fsp3) is 0.0714. The summed E-state index contributed by atoms with van der Waals surface area (Å²) < 4.78 is 5.28. The molecule has 0 atom stereocenters. The predicted molar refractivity (Wildman–Crippen MR) is 66.6 cm³/mol. The van der Waals surface area contributed by atoms with Gasteiger partial charge in [-0.3, -0.25) is 4.79 Å². The molecule has 0 aliphatic heterocycles. The second kappa shape index (κ2) is 4.79. The van der Waals surface area contributed by atoms with Crippen molar-refractivity contribution in [2.45, 2.75) is 6.92 Å². The lowest BCUT2D eigenvalue weighted by Gasteiger charge is -2.00. The Labute approximate surface area is 104 Å². The monoisotopic (exact) mass is 244 g/mol. The molecule has 0 radical (unpaired) electrons. The molecular formula is C14H12O4. The van der Waals surface area contributed by atoms with Gasteiger partial charge in [-0.05, 0) is 43.3 Å². The number of hydrogen-bond donors (Lipinski definition) is 2. The highest BCUT2D eigenvalue weighted by atomic mass is 16.3. The van der Waals surface area contributed by atoms with Crippen LogP contribution in [0.15, 0.2) is 40.8 Å². The SMILES string of the molecule is Cc1ccc(/C=C/C(=O)c2ccc(O)cc2O)o1. The Morgan fingerprint density at radius 2 is 2.00 bits per heavy atom. The Morgan fingerprint density at radius 3 is 2.61 bits per heavy atom. The lowest BCUT2D eigenvalue weighted by molar-refractivity contribution is 0.104. The fourth-order valence-electron chi connectivity index (χ4n) is 1.52. The maximum absolute atomic E-state index is 11.8. The largest absolute Gasteiger partial charge is 0.508 e. The number of carbonyl (C=O) groups is 1. The molecule has 1 aromatic carbocycles. The zero-order valence-electron chi connectivity index (χ0n) is 9.75. The van der Waals surface area contributed by atoms with E-state index in [4.69, 9.17) is 9.52 Å². The van der Waals surface area contributed by atoms with Crippen molar-refractivity contribution < 1.29 is 19.4 Å². The van der Waals surface area contributed by atoms with Gasteiger partial charge in [0, 0.05) is 6.07 Å². The minimum atomic E-state index is -0.360. The Bertz CT molecular complexity index is 608. The van der Waals surface area contributed by atoms with Gasteiger partial charge in [0.05, 0.1) is 5.56 Å². The van der Waals surface area contributed by atoms with Gasteiger partial charge in [0.1, 0.15) is 23.0 Å². The maximum atomic E-state index is 11.8. The van der Waals surface area contributed by atoms with Crippen LogP contribution in [0.2, 0.25) is 0 Å². The number of benzene rings is 1. The lowest BCUT2D eigenvalue weighted by Crippen LogP contribution is -1.94. The van der Waals surface area contributed by atoms with Gasteiger partial charge in [0.15, 0.2) is 5.78 Å². The number of aryl methyl sites for hydroxylation is 1. The number of carbonyl (C=O) groups excluding carboxylic acids is 1. The predicted octanol–water partition coefficient (Wildman–Crippen LogP) is 2.90. The minimum Gasteiger partial charge on any atom is -0.508 e. The fourth-order valence-corrected chi connectivity index (χ4v) is 1.52. The summed E-state index contributed by atoms with van der Waals surface area (Å²) in [5.41, 5.74) is 0.132. The summed E-state index contributed by atoms with van der Waals surface area (Å²) in [7, 11) is 0. The topological polar surface area (TPSA) is 70.7 Å². The summed E-state index contributed by atoms with van der Waals surface area (Å²) in [6, 6.07) is 7.37. The Balaban J connectivity index is 2.19. The maximum Gasteiger partial charge on any atom is 0.189 e. The third-order valence-corrected chi connectivity index (χ3v) is 2.41. The zero-order chi connectivity index (χ0) is 13.1. The average Bonchev–Trinajstić information content (AvgIpc) is 2.72. The third-order valence-electron chi connectivity index (χ3n) is 2.41. The molecule has 2 rings (SSSR count). The van der Waals surface area contributed by atoms with Gasteiger partial charge < -0.3 is 14.6 Å². The molecule has 2 aromatic rings. The van der Waals surface area contributed by atoms with Gasteiger partial charge in [-0.2, -0.15) is 0 Å². The summed E-state index contributed by atoms with van der Waals surface area (Å²) in [4.78, 5) is 11.8. The van der Waals surface area contributed by atoms with E-state index < -0.39 is 0 Å². The number of furan rings is 1. The summed E-state index contributed by atoms with van der Waals surface area (Å²) in [6.07, 6.45) is 2.84. The summed E-state index contributed by atoms with van der Waals surface area (Å²) in [5.74, 6) is 0.630. The minimum absolute atomic E-state index is 0.0883. The first-order valence-corrected chi connectivity index (χ1v) is 5.37. The van der Waals surface area contributed by atoms with E-state index >= 15 is 0 Å². The molecule has 0 fully saturated rings. The van der Waals surface area contributed by atoms with Crippen LogP contribution < -0.4 is 0 Å². The van der Waals surface area contributed by atoms with Crippen LogP contribution >= 0.6 is 0 Å². The van der Waals surface area contributed by atoms with E-state index in [0.717, 1.165) is 11.8 Å². The van der Waals surface area contributed by atoms with Gasteiger partial charge in [0.2, 0.25) is 0 Å². The Morgan fingerprint density at radius 1 is 1.22 bits per heavy atom. The first kappa shape index (κ1) is 12.0. The standard InChI is InChI=1S/C14H12O4/c1-9-2-4-11(18-9)5-7-13(16)12-6-3-10(15)8-14(12)17/h2-8,15,17H,1H3/b7-5+. The zero-order valence-corrected chi connectivity index (χ0v) is 9.75. The molecule has 0 amide bonds. The summed E-state index contributed by atoms with van der Waals surface area (Å²) in [6.45, 7) is 1.81. The van der Waals surface area contributed by atoms with E-state index in [-0.39, 0.29) is 22.8 Å². The average molecular weight is 244 g/mol. The Hall–Kier alpha value is -2.49. The number of rotatable bonds is 3. The highest BCUT2D eigenvalue weighted by Gasteiger charge is 2.08. The normalized spacial score (nSPS) is 10.9. The quantitative estimate of drug-likeness (QED) is 0.643. The second-order valence-electron chi connectivity index (χ2n) is 3.85. The van der Waals surface area contributed by atoms with E-state index in [1.807, 2.05) is 6.92 Å². The van der Waals surface area contributed by atoms with Gasteiger partial charge >= 0.3 is 0 Å². The van der Waals surface area contributed by atoms with Crippen LogP contribution in [0.5, 0.6) is 11.5 Å². The molecule has 1 aromatic heterocycles. The van der Waals surface area contributed by atoms with E-state index in [9.17, 15) is 9.90 Å². The van der Waals surface area contributed by atoms with Crippen molar-refractivity contribution >= 4 is 11.9 Å². The van der Waals surface area contributed by atoms with Crippen LogP contribution in [-0.2, 0) is 0 Å². The number of phenolic OH excluding ortho intramolecular Hbond substituents is 2. The van der Waals surface area contributed by atoms with E-state index in [1.54, 1.807) is 12.1 Å². The molecule has 18 heavy (non-hydrogen) atoms. The number of ketones is 1. The highest BCUT2D eigenvalue weighted by Crippen LogP contribution is 2.23. The molecule has 0 unspecified atom stereocenters. The molecule has 0 bridgehead atoms. The molecule has 0 saturated carbocycles. The van der Waals surface area contributed by atoms with Crippen LogP contribution in [-0.4, -0.2) is 16.0 Å². The van der Waals surface area contributed by atoms with Crippen LogP contribution in [0.3, 0.4) is 0 Å². The van der Waals surface area contributed by atoms with Crippen molar-refractivity contribution in [3.05, 3.63) is 53.5 Å². The highest BCUT2D eigenvalue weighted by molar-refractivity contribution is 6.08. The number of allylic oxidation sites excluding steroid dienone is 1. The molecule has 4 heteroatoms. The van der Waals surface area contributed by atoms with Gasteiger partial charge in [-0.1, -0.05) is 0 Å². The van der Waals surface area contributed by atoms with Crippen LogP contribution in [0.1, 0.15) is 21.9 Å². The first-order chi connectivity index (χ1) is 8.56. The summed E-state index contributed by atoms with van der Waals surface area (Å²) in [5, 5.41) is 18.7. The summed E-state index contributed by atoms with van der Waals surface area (Å²) >= 11 is 0. The third kappa shape index (κ3) is 2.60. The molecule has 92 valence electrons. The number of hydrogen-bond acceptors (Lipinski definition) is 4. The molecule has 0 aliphatic carbocycles. The van der Waals surface area contributed by atoms with E-state index in [2.05, 4.69) is 0 Å². The number of aromatic hydroxyl groups is 2. The molecule has 1 heterocycles. The van der Waals surface area contributed by atoms with Crippen molar-refractivity contribution in [1.82, 2.24) is 0 Å². The van der Waals surface area contributed by atoms with Gasteiger partial charge in [0.25, 0.3) is 0 Å². The molecule has 0 aliphatic rings. The van der Waals surface area contributed by atoms with Crippen LogP contribution in [0, 0.1) is 6.92 Å². The molecule has 0 saturated heterocycles. The molecule has 0 spiro atoms. The van der Waals surface area contributed by atoms with Crippen molar-refractivity contribution in [1.29, 1.82) is 0 Å². The van der Waals surface area contributed by atoms with Crippen LogP contribution in [0.4, 0.5) is 0 Å². The van der Waals surface area contributed by atoms with Crippen molar-refractivity contribution in [3.8, 4) is 11.5 Å². The smallest absolute Gasteiger partial charge is 0.189 e. The lowest BCUT2D eigenvalue weighted by atomic mass is 10.1. The second-order valence-corrected chi connectivity index (χ2v) is 3.85. The Kier molecular flexibility index (Phi) is 3.19. The van der Waals surface area contributed by atoms with Gasteiger partial charge in [-0.25, -0.2) is 0 Å². The first-order valence-electron chi connectivity index (χ1n) is 5.37. The van der Waals surface area contributed by atoms with Crippen molar-refractivity contribution in [2.24, 2.45) is 0 Å².